The molecule has 3 N–H and O–H groups in total. The molecule has 1 amide bonds. The van der Waals surface area contributed by atoms with Gasteiger partial charge < -0.3 is 11.1 Å². The fraction of sp³-hybridized carbons (Fsp3) is 0.533. The van der Waals surface area contributed by atoms with Crippen molar-refractivity contribution in [3.63, 3.8) is 0 Å². The summed E-state index contributed by atoms with van der Waals surface area (Å²) in [5.74, 6) is -0.504. The summed E-state index contributed by atoms with van der Waals surface area (Å²) < 4.78 is 13.6. The first kappa shape index (κ1) is 15.6. The molecule has 1 atom stereocenters. The molecule has 0 aliphatic rings. The van der Waals surface area contributed by atoms with Crippen molar-refractivity contribution in [1.29, 1.82) is 0 Å². The van der Waals surface area contributed by atoms with Crippen molar-refractivity contribution in [2.75, 3.05) is 0 Å². The Labute approximate surface area is 114 Å². The Morgan fingerprint density at radius 3 is 2.26 bits per heavy atom. The predicted molar refractivity (Wildman–Crippen MR) is 75.0 cm³/mol. The van der Waals surface area contributed by atoms with Gasteiger partial charge in [-0.15, -0.1) is 0 Å². The molecule has 19 heavy (non-hydrogen) atoms. The van der Waals surface area contributed by atoms with Crippen LogP contribution in [0.2, 0.25) is 0 Å². The van der Waals surface area contributed by atoms with Gasteiger partial charge >= 0.3 is 0 Å². The van der Waals surface area contributed by atoms with E-state index < -0.39 is 17.0 Å². The zero-order valence-electron chi connectivity index (χ0n) is 12.3. The van der Waals surface area contributed by atoms with Gasteiger partial charge in [-0.3, -0.25) is 4.79 Å². The SMILES string of the molecule is C[C@@H](NC(=O)C(C)(C)C(C)(C)N)c1ccccc1F. The number of nitrogens with two attached hydrogens (primary N) is 1. The standard InChI is InChI=1S/C15H23FN2O/c1-10(11-8-6-7-9-12(11)16)18-13(19)14(2,3)15(4,5)17/h6-10H,17H2,1-5H3,(H,18,19)/t10-/m1/s1. The van der Waals surface area contributed by atoms with Crippen LogP contribution in [0.4, 0.5) is 4.39 Å². The zero-order chi connectivity index (χ0) is 14.8. The molecule has 0 saturated heterocycles. The predicted octanol–water partition coefficient (Wildman–Crippen LogP) is 2.77. The van der Waals surface area contributed by atoms with E-state index in [1.165, 1.54) is 6.07 Å². The van der Waals surface area contributed by atoms with Crippen molar-refractivity contribution in [3.8, 4) is 0 Å². The first-order valence-electron chi connectivity index (χ1n) is 6.41. The van der Waals surface area contributed by atoms with Crippen LogP contribution in [0.1, 0.15) is 46.2 Å². The number of nitrogens with one attached hydrogen (secondary N) is 1. The minimum Gasteiger partial charge on any atom is -0.349 e. The van der Waals surface area contributed by atoms with E-state index in [1.807, 2.05) is 0 Å². The lowest BCUT2D eigenvalue weighted by Gasteiger charge is -2.37. The normalized spacial score (nSPS) is 14.1. The van der Waals surface area contributed by atoms with E-state index in [0.717, 1.165) is 0 Å². The molecule has 0 aromatic heterocycles. The Bertz CT molecular complexity index is 463. The topological polar surface area (TPSA) is 55.1 Å². The van der Waals surface area contributed by atoms with Gasteiger partial charge in [-0.25, -0.2) is 4.39 Å². The lowest BCUT2D eigenvalue weighted by molar-refractivity contribution is -0.132. The third-order valence-electron chi connectivity index (χ3n) is 3.90. The highest BCUT2D eigenvalue weighted by Crippen LogP contribution is 2.29. The number of rotatable bonds is 4. The van der Waals surface area contributed by atoms with Gasteiger partial charge in [0.2, 0.25) is 5.91 Å². The number of carbonyl (C=O) groups excluding carboxylic acids is 1. The Balaban J connectivity index is 2.87. The van der Waals surface area contributed by atoms with Crippen molar-refractivity contribution in [2.24, 2.45) is 11.1 Å². The molecular weight excluding hydrogens is 243 g/mol. The maximum atomic E-state index is 13.6. The number of amides is 1. The molecule has 0 saturated carbocycles. The molecule has 0 unspecified atom stereocenters. The van der Waals surface area contributed by atoms with Crippen molar-refractivity contribution >= 4 is 5.91 Å². The van der Waals surface area contributed by atoms with E-state index >= 15 is 0 Å². The largest absolute Gasteiger partial charge is 0.349 e. The van der Waals surface area contributed by atoms with Gasteiger partial charge in [0.05, 0.1) is 11.5 Å². The van der Waals surface area contributed by atoms with E-state index in [9.17, 15) is 9.18 Å². The molecule has 1 rings (SSSR count). The maximum Gasteiger partial charge on any atom is 0.227 e. The van der Waals surface area contributed by atoms with Gasteiger partial charge in [0.15, 0.2) is 0 Å². The molecule has 0 heterocycles. The minimum absolute atomic E-state index is 0.184. The summed E-state index contributed by atoms with van der Waals surface area (Å²) >= 11 is 0. The second kappa shape index (κ2) is 5.29. The Morgan fingerprint density at radius 1 is 1.26 bits per heavy atom. The lowest BCUT2D eigenvalue weighted by Crippen LogP contribution is -2.55. The van der Waals surface area contributed by atoms with Gasteiger partial charge in [-0.1, -0.05) is 18.2 Å². The molecule has 3 nitrogen and oxygen atoms in total. The minimum atomic E-state index is -0.744. The third kappa shape index (κ3) is 3.32. The molecule has 0 aliphatic heterocycles. The van der Waals surface area contributed by atoms with Gasteiger partial charge in [0.1, 0.15) is 5.82 Å². The smallest absolute Gasteiger partial charge is 0.227 e. The number of hydrogen-bond acceptors (Lipinski definition) is 2. The molecule has 0 aliphatic carbocycles. The average molecular weight is 266 g/mol. The summed E-state index contributed by atoms with van der Waals surface area (Å²) in [7, 11) is 0. The molecule has 1 aromatic rings. The lowest BCUT2D eigenvalue weighted by atomic mass is 9.74. The van der Waals surface area contributed by atoms with Gasteiger partial charge in [0.25, 0.3) is 0 Å². The molecule has 4 heteroatoms. The summed E-state index contributed by atoms with van der Waals surface area (Å²) in [6.45, 7) is 8.95. The number of hydrogen-bond donors (Lipinski definition) is 2. The summed E-state index contributed by atoms with van der Waals surface area (Å²) in [5, 5.41) is 2.82. The number of carbonyl (C=O) groups is 1. The first-order chi connectivity index (χ1) is 8.57. The van der Waals surface area contributed by atoms with Crippen molar-refractivity contribution in [1.82, 2.24) is 5.32 Å². The third-order valence-corrected chi connectivity index (χ3v) is 3.90. The summed E-state index contributed by atoms with van der Waals surface area (Å²) in [5.41, 5.74) is 5.09. The highest BCUT2D eigenvalue weighted by atomic mass is 19.1. The van der Waals surface area contributed by atoms with Crippen LogP contribution in [0.5, 0.6) is 0 Å². The number of benzene rings is 1. The van der Waals surface area contributed by atoms with Crippen LogP contribution < -0.4 is 11.1 Å². The van der Waals surface area contributed by atoms with E-state index in [1.54, 1.807) is 52.8 Å². The molecule has 0 radical (unpaired) electrons. The van der Waals surface area contributed by atoms with E-state index in [-0.39, 0.29) is 11.7 Å². The second-order valence-corrected chi connectivity index (χ2v) is 6.06. The average Bonchev–Trinajstić information content (AvgIpc) is 2.27. The van der Waals surface area contributed by atoms with Crippen LogP contribution in [0.3, 0.4) is 0 Å². The van der Waals surface area contributed by atoms with E-state index in [0.29, 0.717) is 5.56 Å². The van der Waals surface area contributed by atoms with Crippen LogP contribution in [0.15, 0.2) is 24.3 Å². The molecule has 0 spiro atoms. The Kier molecular flexibility index (Phi) is 4.35. The molecule has 1 aromatic carbocycles. The highest BCUT2D eigenvalue weighted by Gasteiger charge is 2.40. The van der Waals surface area contributed by atoms with Crippen LogP contribution in [0.25, 0.3) is 0 Å². The van der Waals surface area contributed by atoms with Crippen LogP contribution in [-0.4, -0.2) is 11.4 Å². The van der Waals surface area contributed by atoms with Crippen LogP contribution in [0, 0.1) is 11.2 Å². The van der Waals surface area contributed by atoms with Gasteiger partial charge in [0, 0.05) is 11.1 Å². The Morgan fingerprint density at radius 2 is 1.79 bits per heavy atom. The van der Waals surface area contributed by atoms with Gasteiger partial charge in [-0.05, 0) is 40.7 Å². The Hall–Kier alpha value is -1.42. The van der Waals surface area contributed by atoms with Gasteiger partial charge in [-0.2, -0.15) is 0 Å². The summed E-state index contributed by atoms with van der Waals surface area (Å²) in [6.07, 6.45) is 0. The zero-order valence-corrected chi connectivity index (χ0v) is 12.3. The fourth-order valence-corrected chi connectivity index (χ4v) is 1.57. The quantitative estimate of drug-likeness (QED) is 0.880. The van der Waals surface area contributed by atoms with E-state index in [2.05, 4.69) is 5.32 Å². The highest BCUT2D eigenvalue weighted by molar-refractivity contribution is 5.83. The summed E-state index contributed by atoms with van der Waals surface area (Å²) in [4.78, 5) is 12.3. The summed E-state index contributed by atoms with van der Waals surface area (Å²) in [6, 6.07) is 6.03. The molecule has 106 valence electrons. The second-order valence-electron chi connectivity index (χ2n) is 6.06. The van der Waals surface area contributed by atoms with E-state index in [4.69, 9.17) is 5.73 Å². The first-order valence-corrected chi connectivity index (χ1v) is 6.41. The molecular formula is C15H23FN2O. The number of halogens is 1. The monoisotopic (exact) mass is 266 g/mol. The van der Waals surface area contributed by atoms with Crippen molar-refractivity contribution in [3.05, 3.63) is 35.6 Å². The molecule has 0 bridgehead atoms. The van der Waals surface area contributed by atoms with Crippen LogP contribution in [-0.2, 0) is 4.79 Å². The fourth-order valence-electron chi connectivity index (χ4n) is 1.57. The van der Waals surface area contributed by atoms with Crippen molar-refractivity contribution in [2.45, 2.75) is 46.2 Å². The van der Waals surface area contributed by atoms with Crippen molar-refractivity contribution < 1.29 is 9.18 Å². The molecule has 0 fully saturated rings. The maximum absolute atomic E-state index is 13.6. The van der Waals surface area contributed by atoms with Crippen LogP contribution >= 0.6 is 0 Å².